The average molecular weight is 442 g/mol. The molecule has 2 heterocycles. The molecule has 0 unspecified atom stereocenters. The van der Waals surface area contributed by atoms with Crippen molar-refractivity contribution in [2.24, 2.45) is 4.99 Å². The molecule has 8 nitrogen and oxygen atoms in total. The molecule has 0 saturated carbocycles. The SMILES string of the molecule is CCOCCOc1cc(C)ccc1CNC(=NC)NCc1cccnc1N1CCOCC1. The Morgan fingerprint density at radius 2 is 1.91 bits per heavy atom. The van der Waals surface area contributed by atoms with Crippen molar-refractivity contribution in [1.82, 2.24) is 15.6 Å². The lowest BCUT2D eigenvalue weighted by molar-refractivity contribution is 0.110. The zero-order valence-electron chi connectivity index (χ0n) is 19.4. The second-order valence-corrected chi connectivity index (χ2v) is 7.52. The van der Waals surface area contributed by atoms with Gasteiger partial charge in [0, 0.05) is 57.2 Å². The van der Waals surface area contributed by atoms with E-state index in [4.69, 9.17) is 14.2 Å². The zero-order valence-corrected chi connectivity index (χ0v) is 19.4. The van der Waals surface area contributed by atoms with E-state index in [1.807, 2.05) is 19.2 Å². The molecule has 174 valence electrons. The molecule has 0 atom stereocenters. The Morgan fingerprint density at radius 3 is 2.66 bits per heavy atom. The maximum absolute atomic E-state index is 5.95. The van der Waals surface area contributed by atoms with E-state index < -0.39 is 0 Å². The van der Waals surface area contributed by atoms with Gasteiger partial charge in [-0.3, -0.25) is 4.99 Å². The predicted octanol–water partition coefficient (Wildman–Crippen LogP) is 2.51. The number of hydrogen-bond donors (Lipinski definition) is 2. The van der Waals surface area contributed by atoms with E-state index >= 15 is 0 Å². The summed E-state index contributed by atoms with van der Waals surface area (Å²) in [4.78, 5) is 11.3. The molecule has 3 rings (SSSR count). The van der Waals surface area contributed by atoms with Crippen LogP contribution in [0.3, 0.4) is 0 Å². The number of benzene rings is 1. The van der Waals surface area contributed by atoms with Crippen molar-refractivity contribution in [3.05, 3.63) is 53.2 Å². The third-order valence-electron chi connectivity index (χ3n) is 5.21. The van der Waals surface area contributed by atoms with Crippen LogP contribution in [0, 0.1) is 6.92 Å². The summed E-state index contributed by atoms with van der Waals surface area (Å²) in [5.74, 6) is 2.60. The van der Waals surface area contributed by atoms with Crippen LogP contribution in [0.1, 0.15) is 23.6 Å². The summed E-state index contributed by atoms with van der Waals surface area (Å²) >= 11 is 0. The number of guanidine groups is 1. The number of nitrogens with one attached hydrogen (secondary N) is 2. The van der Waals surface area contributed by atoms with Crippen LogP contribution in [-0.2, 0) is 22.6 Å². The van der Waals surface area contributed by atoms with Gasteiger partial charge in [-0.1, -0.05) is 18.2 Å². The molecule has 1 aliphatic heterocycles. The van der Waals surface area contributed by atoms with Crippen molar-refractivity contribution < 1.29 is 14.2 Å². The van der Waals surface area contributed by atoms with Crippen LogP contribution in [0.15, 0.2) is 41.5 Å². The van der Waals surface area contributed by atoms with Gasteiger partial charge in [-0.2, -0.15) is 0 Å². The average Bonchev–Trinajstić information content (AvgIpc) is 2.83. The van der Waals surface area contributed by atoms with Gasteiger partial charge < -0.3 is 29.7 Å². The lowest BCUT2D eigenvalue weighted by Gasteiger charge is -2.29. The number of aliphatic imine (C=N–C) groups is 1. The highest BCUT2D eigenvalue weighted by Gasteiger charge is 2.16. The van der Waals surface area contributed by atoms with E-state index in [9.17, 15) is 0 Å². The molecule has 1 aromatic heterocycles. The van der Waals surface area contributed by atoms with Gasteiger partial charge >= 0.3 is 0 Å². The van der Waals surface area contributed by atoms with E-state index in [2.05, 4.69) is 56.7 Å². The Morgan fingerprint density at radius 1 is 1.12 bits per heavy atom. The van der Waals surface area contributed by atoms with E-state index in [1.165, 1.54) is 0 Å². The fourth-order valence-corrected chi connectivity index (χ4v) is 3.50. The first-order valence-electron chi connectivity index (χ1n) is 11.2. The molecule has 0 bridgehead atoms. The third-order valence-corrected chi connectivity index (χ3v) is 5.21. The fraction of sp³-hybridized carbons (Fsp3) is 0.500. The summed E-state index contributed by atoms with van der Waals surface area (Å²) in [5, 5.41) is 6.80. The maximum atomic E-state index is 5.95. The number of aryl methyl sites for hydroxylation is 1. The summed E-state index contributed by atoms with van der Waals surface area (Å²) < 4.78 is 16.8. The van der Waals surface area contributed by atoms with Crippen molar-refractivity contribution in [3.63, 3.8) is 0 Å². The Bertz CT molecular complexity index is 868. The van der Waals surface area contributed by atoms with Gasteiger partial charge in [0.1, 0.15) is 18.2 Å². The van der Waals surface area contributed by atoms with Crippen LogP contribution >= 0.6 is 0 Å². The van der Waals surface area contributed by atoms with Gasteiger partial charge in [-0.15, -0.1) is 0 Å². The summed E-state index contributed by atoms with van der Waals surface area (Å²) in [7, 11) is 1.77. The highest BCUT2D eigenvalue weighted by Crippen LogP contribution is 2.21. The van der Waals surface area contributed by atoms with Crippen molar-refractivity contribution in [2.75, 3.05) is 58.1 Å². The molecule has 0 amide bonds. The van der Waals surface area contributed by atoms with Crippen LogP contribution in [-0.4, -0.2) is 64.1 Å². The van der Waals surface area contributed by atoms with Gasteiger partial charge in [0.15, 0.2) is 5.96 Å². The Balaban J connectivity index is 1.57. The standard InChI is InChI=1S/C24H35N5O3/c1-4-30-14-15-32-22-16-19(2)7-8-20(22)17-27-24(25-3)28-18-21-6-5-9-26-23(21)29-10-12-31-13-11-29/h5-9,16H,4,10-15,17-18H2,1-3H3,(H2,25,27,28). The van der Waals surface area contributed by atoms with Gasteiger partial charge in [0.2, 0.25) is 0 Å². The van der Waals surface area contributed by atoms with E-state index in [1.54, 1.807) is 7.05 Å². The highest BCUT2D eigenvalue weighted by molar-refractivity contribution is 5.79. The quantitative estimate of drug-likeness (QED) is 0.333. The highest BCUT2D eigenvalue weighted by atomic mass is 16.5. The Labute approximate surface area is 191 Å². The molecule has 1 aromatic carbocycles. The second kappa shape index (κ2) is 12.9. The largest absolute Gasteiger partial charge is 0.491 e. The summed E-state index contributed by atoms with van der Waals surface area (Å²) in [5.41, 5.74) is 3.37. The van der Waals surface area contributed by atoms with Crippen molar-refractivity contribution in [2.45, 2.75) is 26.9 Å². The molecule has 8 heteroatoms. The number of rotatable bonds is 10. The van der Waals surface area contributed by atoms with Crippen LogP contribution in [0.5, 0.6) is 5.75 Å². The van der Waals surface area contributed by atoms with E-state index in [0.29, 0.717) is 32.9 Å². The first kappa shape index (κ1) is 23.8. The van der Waals surface area contributed by atoms with Gasteiger partial charge in [0.25, 0.3) is 0 Å². The maximum Gasteiger partial charge on any atom is 0.191 e. The van der Waals surface area contributed by atoms with Crippen LogP contribution in [0.25, 0.3) is 0 Å². The molecule has 2 aromatic rings. The Hall–Kier alpha value is -2.84. The molecule has 32 heavy (non-hydrogen) atoms. The van der Waals surface area contributed by atoms with Crippen LogP contribution in [0.2, 0.25) is 0 Å². The Kier molecular flexibility index (Phi) is 9.59. The topological polar surface area (TPSA) is 80.2 Å². The molecular weight excluding hydrogens is 406 g/mol. The molecule has 1 saturated heterocycles. The molecule has 2 N–H and O–H groups in total. The number of morpholine rings is 1. The fourth-order valence-electron chi connectivity index (χ4n) is 3.50. The molecule has 0 radical (unpaired) electrons. The lowest BCUT2D eigenvalue weighted by atomic mass is 10.1. The molecule has 0 spiro atoms. The van der Waals surface area contributed by atoms with E-state index in [-0.39, 0.29) is 0 Å². The predicted molar refractivity (Wildman–Crippen MR) is 127 cm³/mol. The van der Waals surface area contributed by atoms with Crippen molar-refractivity contribution in [1.29, 1.82) is 0 Å². The number of anilines is 1. The minimum Gasteiger partial charge on any atom is -0.491 e. The molecule has 1 fully saturated rings. The molecule has 1 aliphatic rings. The van der Waals surface area contributed by atoms with E-state index in [0.717, 1.165) is 60.5 Å². The number of aromatic nitrogens is 1. The van der Waals surface area contributed by atoms with Crippen molar-refractivity contribution in [3.8, 4) is 5.75 Å². The third kappa shape index (κ3) is 7.10. The van der Waals surface area contributed by atoms with Gasteiger partial charge in [-0.05, 0) is 31.5 Å². The number of ether oxygens (including phenoxy) is 3. The number of hydrogen-bond acceptors (Lipinski definition) is 6. The summed E-state index contributed by atoms with van der Waals surface area (Å²) in [6.45, 7) is 10.3. The monoisotopic (exact) mass is 441 g/mol. The second-order valence-electron chi connectivity index (χ2n) is 7.52. The first-order valence-corrected chi connectivity index (χ1v) is 11.2. The number of nitrogens with zero attached hydrogens (tertiary/aromatic N) is 3. The molecule has 0 aliphatic carbocycles. The summed E-state index contributed by atoms with van der Waals surface area (Å²) in [6, 6.07) is 10.3. The normalized spacial score (nSPS) is 14.3. The minimum absolute atomic E-state index is 0.530. The van der Waals surface area contributed by atoms with Crippen LogP contribution < -0.4 is 20.3 Å². The van der Waals surface area contributed by atoms with Crippen LogP contribution in [0.4, 0.5) is 5.82 Å². The minimum atomic E-state index is 0.530. The first-order chi connectivity index (χ1) is 15.7. The summed E-state index contributed by atoms with van der Waals surface area (Å²) in [6.07, 6.45) is 1.84. The molecular formula is C24H35N5O3. The zero-order chi connectivity index (χ0) is 22.6. The van der Waals surface area contributed by atoms with Gasteiger partial charge in [-0.25, -0.2) is 4.98 Å². The van der Waals surface area contributed by atoms with Crippen molar-refractivity contribution >= 4 is 11.8 Å². The smallest absolute Gasteiger partial charge is 0.191 e. The van der Waals surface area contributed by atoms with Gasteiger partial charge in [0.05, 0.1) is 19.8 Å². The number of pyridine rings is 1. The lowest BCUT2D eigenvalue weighted by Crippen LogP contribution is -2.39.